The van der Waals surface area contributed by atoms with Crippen LogP contribution in [0.15, 0.2) is 66.2 Å². The number of fused-ring (bicyclic) bond motifs is 1. The molecule has 0 radical (unpaired) electrons. The lowest BCUT2D eigenvalue weighted by molar-refractivity contribution is 0.420. The Labute approximate surface area is 126 Å². The molecule has 1 atom stereocenters. The zero-order valence-corrected chi connectivity index (χ0v) is 12.5. The molecule has 0 saturated heterocycles. The van der Waals surface area contributed by atoms with Crippen LogP contribution in [0, 0.1) is 0 Å². The Bertz CT molecular complexity index is 659. The van der Waals surface area contributed by atoms with Gasteiger partial charge in [0.2, 0.25) is 0 Å². The van der Waals surface area contributed by atoms with E-state index in [0.717, 1.165) is 6.42 Å². The van der Waals surface area contributed by atoms with Gasteiger partial charge in [-0.2, -0.15) is 0 Å². The molecule has 1 aliphatic carbocycles. The quantitative estimate of drug-likeness (QED) is 0.820. The molecular weight excluding hydrogens is 259 g/mol. The first-order chi connectivity index (χ1) is 10.2. The number of rotatable bonds is 2. The van der Waals surface area contributed by atoms with E-state index in [2.05, 4.69) is 30.3 Å². The first kappa shape index (κ1) is 15.6. The smallest absolute Gasteiger partial charge is 0.423 e. The first-order valence-corrected chi connectivity index (χ1v) is 7.47. The van der Waals surface area contributed by atoms with Crippen LogP contribution in [0.4, 0.5) is 0 Å². The maximum absolute atomic E-state index is 9.11. The van der Waals surface area contributed by atoms with Gasteiger partial charge in [-0.05, 0) is 28.2 Å². The van der Waals surface area contributed by atoms with Gasteiger partial charge in [0.25, 0.3) is 0 Å². The Hall–Kier alpha value is -1.84. The van der Waals surface area contributed by atoms with Crippen LogP contribution in [0.25, 0.3) is 10.8 Å². The summed E-state index contributed by atoms with van der Waals surface area (Å²) >= 11 is 0. The van der Waals surface area contributed by atoms with Gasteiger partial charge in [0.1, 0.15) is 0 Å². The average Bonchev–Trinajstić information content (AvgIpc) is 2.56. The van der Waals surface area contributed by atoms with Gasteiger partial charge >= 0.3 is 7.12 Å². The molecule has 1 aliphatic rings. The van der Waals surface area contributed by atoms with Crippen molar-refractivity contribution in [1.29, 1.82) is 0 Å². The lowest BCUT2D eigenvalue weighted by Crippen LogP contribution is -2.16. The van der Waals surface area contributed by atoms with Crippen LogP contribution < -0.4 is 0 Å². The van der Waals surface area contributed by atoms with E-state index in [9.17, 15) is 0 Å². The van der Waals surface area contributed by atoms with Crippen molar-refractivity contribution >= 4 is 17.9 Å². The molecule has 0 aliphatic heterocycles. The lowest BCUT2D eigenvalue weighted by atomic mass is 9.74. The van der Waals surface area contributed by atoms with Crippen molar-refractivity contribution in [3.8, 4) is 0 Å². The number of allylic oxidation sites excluding steroid dienone is 4. The Morgan fingerprint density at radius 3 is 2.33 bits per heavy atom. The summed E-state index contributed by atoms with van der Waals surface area (Å²) in [6.07, 6.45) is 6.54. The first-order valence-electron chi connectivity index (χ1n) is 7.47. The second-order valence-electron chi connectivity index (χ2n) is 4.89. The fourth-order valence-electron chi connectivity index (χ4n) is 2.51. The molecule has 3 heteroatoms. The molecule has 2 nitrogen and oxygen atoms in total. The van der Waals surface area contributed by atoms with E-state index in [1.807, 2.05) is 38.1 Å². The molecule has 108 valence electrons. The molecule has 2 aromatic carbocycles. The van der Waals surface area contributed by atoms with E-state index in [1.165, 1.54) is 16.3 Å². The monoisotopic (exact) mass is 280 g/mol. The predicted octanol–water partition coefficient (Wildman–Crippen LogP) is 3.85. The molecule has 1 unspecified atom stereocenters. The minimum atomic E-state index is -1.37. The highest BCUT2D eigenvalue weighted by molar-refractivity contribution is 6.51. The van der Waals surface area contributed by atoms with E-state index in [1.54, 1.807) is 6.08 Å². The molecule has 2 N–H and O–H groups in total. The largest absolute Gasteiger partial charge is 0.488 e. The predicted molar refractivity (Wildman–Crippen MR) is 90.1 cm³/mol. The van der Waals surface area contributed by atoms with Crippen molar-refractivity contribution in [3.63, 3.8) is 0 Å². The molecular formula is C18H21BO2. The van der Waals surface area contributed by atoms with Crippen molar-refractivity contribution in [1.82, 2.24) is 0 Å². The third-order valence-electron chi connectivity index (χ3n) is 3.63. The van der Waals surface area contributed by atoms with E-state index < -0.39 is 7.12 Å². The van der Waals surface area contributed by atoms with Gasteiger partial charge in [0.05, 0.1) is 0 Å². The summed E-state index contributed by atoms with van der Waals surface area (Å²) in [4.78, 5) is 0. The molecule has 21 heavy (non-hydrogen) atoms. The normalized spacial score (nSPS) is 17.0. The van der Waals surface area contributed by atoms with Gasteiger partial charge < -0.3 is 10.0 Å². The van der Waals surface area contributed by atoms with Gasteiger partial charge in [-0.3, -0.25) is 0 Å². The van der Waals surface area contributed by atoms with Gasteiger partial charge in [-0.25, -0.2) is 0 Å². The standard InChI is InChI=1S/C16H15BO2.C2H6/c18-17(19)16-9-7-13(8-10-16)15-6-5-12-3-1-2-4-14(12)11-15;1-2/h1-7,9-11,13,18-19H,8H2;1-2H3. The Morgan fingerprint density at radius 2 is 1.71 bits per heavy atom. The van der Waals surface area contributed by atoms with Crippen molar-refractivity contribution in [2.24, 2.45) is 0 Å². The highest BCUT2D eigenvalue weighted by atomic mass is 16.4. The molecule has 0 amide bonds. The third kappa shape index (κ3) is 3.63. The van der Waals surface area contributed by atoms with Crippen molar-refractivity contribution < 1.29 is 10.0 Å². The molecule has 0 bridgehead atoms. The SMILES string of the molecule is CC.OB(O)C1=CCC(c2ccc3ccccc3c2)C=C1. The summed E-state index contributed by atoms with van der Waals surface area (Å²) < 4.78 is 0. The minimum absolute atomic E-state index is 0.312. The maximum atomic E-state index is 9.11. The molecule has 0 saturated carbocycles. The zero-order valence-electron chi connectivity index (χ0n) is 12.5. The van der Waals surface area contributed by atoms with E-state index in [4.69, 9.17) is 10.0 Å². The Kier molecular flexibility index (Phi) is 5.37. The second kappa shape index (κ2) is 7.25. The van der Waals surface area contributed by atoms with Gasteiger partial charge in [0, 0.05) is 5.92 Å². The molecule has 0 heterocycles. The summed E-state index contributed by atoms with van der Waals surface area (Å²) in [5.74, 6) is 0.312. The summed E-state index contributed by atoms with van der Waals surface area (Å²) in [6, 6.07) is 14.8. The van der Waals surface area contributed by atoms with E-state index >= 15 is 0 Å². The van der Waals surface area contributed by atoms with Crippen LogP contribution >= 0.6 is 0 Å². The van der Waals surface area contributed by atoms with Gasteiger partial charge in [-0.1, -0.05) is 74.5 Å². The van der Waals surface area contributed by atoms with Gasteiger partial charge in [-0.15, -0.1) is 0 Å². The van der Waals surface area contributed by atoms with Crippen LogP contribution in [0.3, 0.4) is 0 Å². The average molecular weight is 280 g/mol. The summed E-state index contributed by atoms with van der Waals surface area (Å²) in [6.45, 7) is 4.00. The summed E-state index contributed by atoms with van der Waals surface area (Å²) in [5.41, 5.74) is 1.84. The Morgan fingerprint density at radius 1 is 1.00 bits per heavy atom. The van der Waals surface area contributed by atoms with Crippen molar-refractivity contribution in [2.75, 3.05) is 0 Å². The highest BCUT2D eigenvalue weighted by Gasteiger charge is 2.17. The van der Waals surface area contributed by atoms with Crippen LogP contribution in [0.5, 0.6) is 0 Å². The molecule has 0 fully saturated rings. The maximum Gasteiger partial charge on any atom is 0.488 e. The zero-order chi connectivity index (χ0) is 15.2. The van der Waals surface area contributed by atoms with E-state index in [-0.39, 0.29) is 0 Å². The van der Waals surface area contributed by atoms with Crippen molar-refractivity contribution in [2.45, 2.75) is 26.2 Å². The van der Waals surface area contributed by atoms with E-state index in [0.29, 0.717) is 11.4 Å². The minimum Gasteiger partial charge on any atom is -0.423 e. The topological polar surface area (TPSA) is 40.5 Å². The molecule has 2 aromatic rings. The summed E-state index contributed by atoms with van der Waals surface area (Å²) in [5, 5.41) is 20.7. The lowest BCUT2D eigenvalue weighted by Gasteiger charge is -2.17. The number of hydrogen-bond donors (Lipinski definition) is 2. The molecule has 0 spiro atoms. The fourth-order valence-corrected chi connectivity index (χ4v) is 2.51. The van der Waals surface area contributed by atoms with Crippen LogP contribution in [0.2, 0.25) is 0 Å². The van der Waals surface area contributed by atoms with Crippen LogP contribution in [-0.4, -0.2) is 17.2 Å². The molecule has 0 aromatic heterocycles. The molecule has 3 rings (SSSR count). The van der Waals surface area contributed by atoms with Gasteiger partial charge in [0.15, 0.2) is 0 Å². The number of hydrogen-bond acceptors (Lipinski definition) is 2. The third-order valence-corrected chi connectivity index (χ3v) is 3.63. The Balaban J connectivity index is 0.000000774. The van der Waals surface area contributed by atoms with Crippen LogP contribution in [0.1, 0.15) is 31.7 Å². The van der Waals surface area contributed by atoms with Crippen molar-refractivity contribution in [3.05, 3.63) is 71.7 Å². The van der Waals surface area contributed by atoms with Crippen LogP contribution in [-0.2, 0) is 0 Å². The number of benzene rings is 2. The highest BCUT2D eigenvalue weighted by Crippen LogP contribution is 2.29. The fraction of sp³-hybridized carbons (Fsp3) is 0.222. The second-order valence-corrected chi connectivity index (χ2v) is 4.89. The summed E-state index contributed by atoms with van der Waals surface area (Å²) in [7, 11) is -1.37.